The third-order valence-corrected chi connectivity index (χ3v) is 5.19. The molecule has 1 aliphatic heterocycles. The average molecular weight is 518 g/mol. The van der Waals surface area contributed by atoms with Gasteiger partial charge in [-0.3, -0.25) is 9.89 Å². The fourth-order valence-electron chi connectivity index (χ4n) is 3.74. The number of hydrogen-bond acceptors (Lipinski definition) is 3. The van der Waals surface area contributed by atoms with E-state index >= 15 is 0 Å². The summed E-state index contributed by atoms with van der Waals surface area (Å²) >= 11 is 0. The molecule has 1 aromatic carbocycles. The van der Waals surface area contributed by atoms with Gasteiger partial charge in [0.15, 0.2) is 5.96 Å². The van der Waals surface area contributed by atoms with Crippen molar-refractivity contribution in [3.05, 3.63) is 54.1 Å². The molecule has 29 heavy (non-hydrogen) atoms. The quantitative estimate of drug-likeness (QED) is 0.363. The minimum Gasteiger partial charge on any atom is -0.354 e. The molecule has 9 heteroatoms. The minimum atomic E-state index is -0.536. The van der Waals surface area contributed by atoms with Gasteiger partial charge in [-0.15, -0.1) is 24.0 Å². The number of nitrogens with one attached hydrogen (secondary N) is 1. The zero-order chi connectivity index (χ0) is 19.9. The number of aromatic nitrogens is 2. The van der Waals surface area contributed by atoms with E-state index in [0.29, 0.717) is 5.56 Å². The van der Waals surface area contributed by atoms with Gasteiger partial charge in [-0.1, -0.05) is 13.0 Å². The molecular weight excluding hydrogens is 489 g/mol. The molecule has 3 rings (SSSR count). The Kier molecular flexibility index (Phi) is 9.28. The molecule has 1 N–H and O–H groups in total. The first kappa shape index (κ1) is 23.5. The zero-order valence-corrected chi connectivity index (χ0v) is 19.2. The van der Waals surface area contributed by atoms with Gasteiger partial charge in [-0.25, -0.2) is 13.8 Å². The van der Waals surface area contributed by atoms with E-state index in [2.05, 4.69) is 25.1 Å². The molecule has 0 amide bonds. The maximum Gasteiger partial charge on any atom is 0.193 e. The van der Waals surface area contributed by atoms with Gasteiger partial charge in [0.2, 0.25) is 0 Å². The summed E-state index contributed by atoms with van der Waals surface area (Å²) in [5.41, 5.74) is 0.570. The molecule has 160 valence electrons. The highest BCUT2D eigenvalue weighted by molar-refractivity contribution is 14.0. The average Bonchev–Trinajstić information content (AvgIpc) is 3.22. The third-order valence-electron chi connectivity index (χ3n) is 5.19. The van der Waals surface area contributed by atoms with Gasteiger partial charge in [0, 0.05) is 76.4 Å². The van der Waals surface area contributed by atoms with Crippen molar-refractivity contribution in [2.75, 3.05) is 39.8 Å². The molecule has 1 atom stereocenters. The number of rotatable bonds is 6. The van der Waals surface area contributed by atoms with Gasteiger partial charge in [-0.2, -0.15) is 0 Å². The van der Waals surface area contributed by atoms with Crippen LogP contribution < -0.4 is 5.32 Å². The van der Waals surface area contributed by atoms with E-state index in [1.807, 2.05) is 17.7 Å². The van der Waals surface area contributed by atoms with Gasteiger partial charge in [0.05, 0.1) is 6.33 Å². The number of nitrogens with zero attached hydrogens (tertiary/aromatic N) is 5. The van der Waals surface area contributed by atoms with Gasteiger partial charge in [0.1, 0.15) is 11.6 Å². The molecule has 1 fully saturated rings. The number of halogens is 3. The van der Waals surface area contributed by atoms with Crippen molar-refractivity contribution in [1.29, 1.82) is 0 Å². The summed E-state index contributed by atoms with van der Waals surface area (Å²) in [5.74, 6) is -0.126. The second-order valence-electron chi connectivity index (χ2n) is 6.89. The molecule has 1 unspecified atom stereocenters. The lowest BCUT2D eigenvalue weighted by molar-refractivity contribution is 0.124. The molecule has 1 aromatic heterocycles. The van der Waals surface area contributed by atoms with Gasteiger partial charge < -0.3 is 14.8 Å². The summed E-state index contributed by atoms with van der Waals surface area (Å²) in [5, 5.41) is 3.39. The van der Waals surface area contributed by atoms with E-state index in [-0.39, 0.29) is 30.0 Å². The largest absolute Gasteiger partial charge is 0.354 e. The van der Waals surface area contributed by atoms with E-state index < -0.39 is 11.6 Å². The molecule has 0 saturated carbocycles. The Balaban J connectivity index is 0.00000300. The summed E-state index contributed by atoms with van der Waals surface area (Å²) in [6.45, 7) is 6.85. The van der Waals surface area contributed by atoms with Crippen molar-refractivity contribution in [2.24, 2.45) is 4.99 Å². The monoisotopic (exact) mass is 518 g/mol. The lowest BCUT2D eigenvalue weighted by Gasteiger charge is -2.40. The van der Waals surface area contributed by atoms with Crippen molar-refractivity contribution in [1.82, 2.24) is 24.7 Å². The first-order valence-corrected chi connectivity index (χ1v) is 9.72. The molecule has 0 radical (unpaired) electrons. The number of guanidine groups is 1. The summed E-state index contributed by atoms with van der Waals surface area (Å²) in [7, 11) is 1.79. The Morgan fingerprint density at radius 3 is 2.59 bits per heavy atom. The van der Waals surface area contributed by atoms with E-state index in [9.17, 15) is 8.78 Å². The minimum absolute atomic E-state index is 0. The van der Waals surface area contributed by atoms with Crippen LogP contribution in [-0.4, -0.2) is 65.1 Å². The third kappa shape index (κ3) is 6.11. The first-order chi connectivity index (χ1) is 13.6. The van der Waals surface area contributed by atoms with Crippen LogP contribution in [0.4, 0.5) is 8.78 Å². The van der Waals surface area contributed by atoms with Crippen LogP contribution in [0.5, 0.6) is 0 Å². The van der Waals surface area contributed by atoms with Crippen molar-refractivity contribution in [3.63, 3.8) is 0 Å². The highest BCUT2D eigenvalue weighted by atomic mass is 127. The Morgan fingerprint density at radius 1 is 1.24 bits per heavy atom. The van der Waals surface area contributed by atoms with Crippen molar-refractivity contribution in [2.45, 2.75) is 25.9 Å². The van der Waals surface area contributed by atoms with Crippen LogP contribution in [0.3, 0.4) is 0 Å². The Bertz CT molecular complexity index is 775. The molecule has 0 bridgehead atoms. The van der Waals surface area contributed by atoms with E-state index in [4.69, 9.17) is 0 Å². The molecule has 1 saturated heterocycles. The smallest absolute Gasteiger partial charge is 0.193 e. The lowest BCUT2D eigenvalue weighted by atomic mass is 10.0. The predicted octanol–water partition coefficient (Wildman–Crippen LogP) is 3.12. The molecular formula is C20H29F2IN6. The maximum atomic E-state index is 14.2. The Morgan fingerprint density at radius 2 is 2.00 bits per heavy atom. The van der Waals surface area contributed by atoms with Crippen molar-refractivity contribution >= 4 is 29.9 Å². The van der Waals surface area contributed by atoms with Crippen LogP contribution in [0, 0.1) is 11.6 Å². The normalized spacial score (nSPS) is 16.4. The molecule has 2 heterocycles. The second-order valence-corrected chi connectivity index (χ2v) is 6.89. The number of imidazole rings is 1. The van der Waals surface area contributed by atoms with Gasteiger partial charge >= 0.3 is 0 Å². The van der Waals surface area contributed by atoms with Crippen molar-refractivity contribution in [3.8, 4) is 0 Å². The highest BCUT2D eigenvalue weighted by Crippen LogP contribution is 2.28. The van der Waals surface area contributed by atoms with E-state index in [0.717, 1.165) is 57.7 Å². The van der Waals surface area contributed by atoms with E-state index in [1.54, 1.807) is 25.6 Å². The second kappa shape index (κ2) is 11.4. The topological polar surface area (TPSA) is 48.7 Å². The van der Waals surface area contributed by atoms with Crippen molar-refractivity contribution < 1.29 is 8.78 Å². The SMILES string of the molecule is CCC(c1ccc(F)cc1F)N1CCN(C(=NC)NCCn2ccnc2)CC1.I. The molecule has 0 spiro atoms. The van der Waals surface area contributed by atoms with Crippen LogP contribution in [0.25, 0.3) is 0 Å². The summed E-state index contributed by atoms with van der Waals surface area (Å²) in [6.07, 6.45) is 6.27. The Labute approximate surface area is 188 Å². The molecule has 2 aromatic rings. The van der Waals surface area contributed by atoms with Gasteiger partial charge in [-0.05, 0) is 12.5 Å². The maximum absolute atomic E-state index is 14.2. The standard InChI is InChI=1S/C20H28F2N6.HI/c1-3-19(17-5-4-16(21)14-18(17)22)27-10-12-28(13-11-27)20(23-2)25-7-9-26-8-6-24-15-26;/h4-6,8,14-15,19H,3,7,9-13H2,1-2H3,(H,23,25);1H. The fraction of sp³-hybridized carbons (Fsp3) is 0.500. The molecule has 1 aliphatic rings. The van der Waals surface area contributed by atoms with Crippen LogP contribution >= 0.6 is 24.0 Å². The highest BCUT2D eigenvalue weighted by Gasteiger charge is 2.27. The molecule has 6 nitrogen and oxygen atoms in total. The van der Waals surface area contributed by atoms with Crippen LogP contribution in [-0.2, 0) is 6.54 Å². The first-order valence-electron chi connectivity index (χ1n) is 9.72. The number of piperazine rings is 1. The number of hydrogen-bond donors (Lipinski definition) is 1. The zero-order valence-electron chi connectivity index (χ0n) is 16.9. The van der Waals surface area contributed by atoms with E-state index in [1.165, 1.54) is 6.07 Å². The number of benzene rings is 1. The summed E-state index contributed by atoms with van der Waals surface area (Å²) in [4.78, 5) is 12.9. The van der Waals surface area contributed by atoms with Crippen LogP contribution in [0.1, 0.15) is 24.9 Å². The Hall–Kier alpha value is -1.75. The summed E-state index contributed by atoms with van der Waals surface area (Å²) < 4.78 is 29.5. The predicted molar refractivity (Wildman–Crippen MR) is 122 cm³/mol. The summed E-state index contributed by atoms with van der Waals surface area (Å²) in [6, 6.07) is 3.84. The van der Waals surface area contributed by atoms with Crippen LogP contribution in [0.2, 0.25) is 0 Å². The number of aliphatic imine (C=N–C) groups is 1. The fourth-order valence-corrected chi connectivity index (χ4v) is 3.74. The molecule has 0 aliphatic carbocycles. The lowest BCUT2D eigenvalue weighted by Crippen LogP contribution is -2.53. The van der Waals surface area contributed by atoms with Gasteiger partial charge in [0.25, 0.3) is 0 Å². The van der Waals surface area contributed by atoms with Crippen LogP contribution in [0.15, 0.2) is 41.9 Å².